The highest BCUT2D eigenvalue weighted by molar-refractivity contribution is 9.10. The summed E-state index contributed by atoms with van der Waals surface area (Å²) >= 11 is 7.08. The number of alkyl halides is 1. The second-order valence-corrected chi connectivity index (χ2v) is 6.01. The summed E-state index contributed by atoms with van der Waals surface area (Å²) in [7, 11) is 0. The van der Waals surface area contributed by atoms with Gasteiger partial charge in [0.2, 0.25) is 0 Å². The van der Waals surface area contributed by atoms with Gasteiger partial charge >= 0.3 is 0 Å². The molecule has 2 rings (SSSR count). The van der Waals surface area contributed by atoms with Gasteiger partial charge in [0.15, 0.2) is 0 Å². The van der Waals surface area contributed by atoms with Crippen molar-refractivity contribution in [2.24, 2.45) is 0 Å². The van der Waals surface area contributed by atoms with Crippen molar-refractivity contribution in [2.75, 3.05) is 0 Å². The highest BCUT2D eigenvalue weighted by Crippen LogP contribution is 2.28. The Morgan fingerprint density at radius 3 is 2.53 bits per heavy atom. The van der Waals surface area contributed by atoms with E-state index in [-0.39, 0.29) is 0 Å². The number of rotatable bonds is 3. The lowest BCUT2D eigenvalue weighted by Gasteiger charge is -2.15. The van der Waals surface area contributed by atoms with Gasteiger partial charge < -0.3 is 4.74 Å². The topological polar surface area (TPSA) is 9.23 Å². The standard InChI is InChI=1S/C12H14Br2O/c13-10-6-4-9(5-7-10)8-15-12-3-1-2-11(12)14/h4-7,11-12H,1-3,8H2. The molecule has 1 aliphatic rings. The van der Waals surface area contributed by atoms with E-state index in [1.807, 2.05) is 0 Å². The molecule has 0 radical (unpaired) electrons. The Kier molecular flexibility index (Phi) is 4.23. The fourth-order valence-corrected chi connectivity index (χ4v) is 2.86. The monoisotopic (exact) mass is 332 g/mol. The van der Waals surface area contributed by atoms with Crippen molar-refractivity contribution in [1.29, 1.82) is 0 Å². The largest absolute Gasteiger partial charge is 0.372 e. The van der Waals surface area contributed by atoms with Gasteiger partial charge in [-0.25, -0.2) is 0 Å². The first-order chi connectivity index (χ1) is 7.25. The molecule has 0 aromatic heterocycles. The van der Waals surface area contributed by atoms with Gasteiger partial charge in [-0.2, -0.15) is 0 Å². The number of hydrogen-bond acceptors (Lipinski definition) is 1. The maximum atomic E-state index is 5.88. The predicted molar refractivity (Wildman–Crippen MR) is 69.3 cm³/mol. The average molecular weight is 334 g/mol. The molecule has 1 fully saturated rings. The fourth-order valence-electron chi connectivity index (χ4n) is 1.85. The Labute approximate surface area is 107 Å². The molecular formula is C12H14Br2O. The lowest BCUT2D eigenvalue weighted by atomic mass is 10.2. The zero-order valence-corrected chi connectivity index (χ0v) is 11.6. The second-order valence-electron chi connectivity index (χ2n) is 3.92. The van der Waals surface area contributed by atoms with Gasteiger partial charge in [-0.1, -0.05) is 44.0 Å². The number of ether oxygens (including phenoxy) is 1. The van der Waals surface area contributed by atoms with Crippen LogP contribution in [0.5, 0.6) is 0 Å². The van der Waals surface area contributed by atoms with E-state index in [4.69, 9.17) is 4.74 Å². The minimum absolute atomic E-state index is 0.397. The third kappa shape index (κ3) is 3.30. The van der Waals surface area contributed by atoms with Crippen molar-refractivity contribution >= 4 is 31.9 Å². The van der Waals surface area contributed by atoms with Crippen molar-refractivity contribution in [1.82, 2.24) is 0 Å². The summed E-state index contributed by atoms with van der Waals surface area (Å²) in [5, 5.41) is 0. The van der Waals surface area contributed by atoms with Crippen molar-refractivity contribution < 1.29 is 4.74 Å². The molecule has 0 aliphatic heterocycles. The normalized spacial score (nSPS) is 25.7. The van der Waals surface area contributed by atoms with E-state index < -0.39 is 0 Å². The van der Waals surface area contributed by atoms with Crippen LogP contribution in [0.1, 0.15) is 24.8 Å². The molecule has 0 N–H and O–H groups in total. The van der Waals surface area contributed by atoms with Crippen LogP contribution < -0.4 is 0 Å². The molecule has 0 amide bonds. The molecule has 0 heterocycles. The van der Waals surface area contributed by atoms with Crippen molar-refractivity contribution in [2.45, 2.75) is 36.8 Å². The molecule has 2 atom stereocenters. The quantitative estimate of drug-likeness (QED) is 0.750. The first kappa shape index (κ1) is 11.6. The maximum absolute atomic E-state index is 5.88. The molecule has 1 aromatic rings. The predicted octanol–water partition coefficient (Wildman–Crippen LogP) is 4.28. The molecule has 82 valence electrons. The third-order valence-corrected chi connectivity index (χ3v) is 4.33. The molecule has 2 unspecified atom stereocenters. The summed E-state index contributed by atoms with van der Waals surface area (Å²) in [4.78, 5) is 0.549. The Balaban J connectivity index is 1.85. The second kappa shape index (κ2) is 5.46. The Morgan fingerprint density at radius 2 is 1.93 bits per heavy atom. The fraction of sp³-hybridized carbons (Fsp3) is 0.500. The Morgan fingerprint density at radius 1 is 1.20 bits per heavy atom. The van der Waals surface area contributed by atoms with E-state index in [0.717, 1.165) is 11.1 Å². The zero-order chi connectivity index (χ0) is 10.7. The first-order valence-electron chi connectivity index (χ1n) is 5.26. The SMILES string of the molecule is Brc1ccc(COC2CCCC2Br)cc1. The highest BCUT2D eigenvalue weighted by Gasteiger charge is 2.25. The van der Waals surface area contributed by atoms with Crippen LogP contribution in [0.4, 0.5) is 0 Å². The van der Waals surface area contributed by atoms with Gasteiger partial charge in [0.05, 0.1) is 12.7 Å². The highest BCUT2D eigenvalue weighted by atomic mass is 79.9. The number of benzene rings is 1. The summed E-state index contributed by atoms with van der Waals surface area (Å²) < 4.78 is 7.00. The summed E-state index contributed by atoms with van der Waals surface area (Å²) in [6.45, 7) is 0.722. The molecule has 0 saturated heterocycles. The van der Waals surface area contributed by atoms with E-state index in [0.29, 0.717) is 10.9 Å². The lowest BCUT2D eigenvalue weighted by Crippen LogP contribution is -2.17. The maximum Gasteiger partial charge on any atom is 0.0721 e. The van der Waals surface area contributed by atoms with E-state index >= 15 is 0 Å². The summed E-state index contributed by atoms with van der Waals surface area (Å²) in [5.74, 6) is 0. The van der Waals surface area contributed by atoms with E-state index in [1.165, 1.54) is 24.8 Å². The van der Waals surface area contributed by atoms with Crippen LogP contribution in [-0.4, -0.2) is 10.9 Å². The van der Waals surface area contributed by atoms with Gasteiger partial charge in [-0.05, 0) is 37.0 Å². The smallest absolute Gasteiger partial charge is 0.0721 e. The minimum Gasteiger partial charge on any atom is -0.372 e. The summed E-state index contributed by atoms with van der Waals surface area (Å²) in [5.41, 5.74) is 1.24. The van der Waals surface area contributed by atoms with Gasteiger partial charge in [0.1, 0.15) is 0 Å². The molecule has 1 saturated carbocycles. The molecule has 3 heteroatoms. The molecule has 0 spiro atoms. The van der Waals surface area contributed by atoms with E-state index in [2.05, 4.69) is 56.1 Å². The molecule has 1 aliphatic carbocycles. The van der Waals surface area contributed by atoms with Crippen molar-refractivity contribution in [3.8, 4) is 0 Å². The first-order valence-corrected chi connectivity index (χ1v) is 6.97. The average Bonchev–Trinajstić information content (AvgIpc) is 2.63. The van der Waals surface area contributed by atoms with Gasteiger partial charge in [-0.15, -0.1) is 0 Å². The van der Waals surface area contributed by atoms with E-state index in [9.17, 15) is 0 Å². The Hall–Kier alpha value is 0.140. The molecule has 15 heavy (non-hydrogen) atoms. The molecule has 0 bridgehead atoms. The van der Waals surface area contributed by atoms with Crippen LogP contribution in [0.3, 0.4) is 0 Å². The van der Waals surface area contributed by atoms with Gasteiger partial charge in [0.25, 0.3) is 0 Å². The van der Waals surface area contributed by atoms with Gasteiger partial charge in [0, 0.05) is 9.30 Å². The summed E-state index contributed by atoms with van der Waals surface area (Å²) in [6.07, 6.45) is 4.10. The van der Waals surface area contributed by atoms with Crippen molar-refractivity contribution in [3.63, 3.8) is 0 Å². The third-order valence-electron chi connectivity index (χ3n) is 2.75. The number of hydrogen-bond donors (Lipinski definition) is 0. The summed E-state index contributed by atoms with van der Waals surface area (Å²) in [6, 6.07) is 8.31. The minimum atomic E-state index is 0.397. The Bertz CT molecular complexity index is 310. The lowest BCUT2D eigenvalue weighted by molar-refractivity contribution is 0.0500. The number of halogens is 2. The van der Waals surface area contributed by atoms with Crippen LogP contribution in [-0.2, 0) is 11.3 Å². The van der Waals surface area contributed by atoms with Crippen LogP contribution >= 0.6 is 31.9 Å². The van der Waals surface area contributed by atoms with E-state index in [1.54, 1.807) is 0 Å². The van der Waals surface area contributed by atoms with Crippen molar-refractivity contribution in [3.05, 3.63) is 34.3 Å². The van der Waals surface area contributed by atoms with Crippen LogP contribution in [0.25, 0.3) is 0 Å². The molecule has 1 nitrogen and oxygen atoms in total. The van der Waals surface area contributed by atoms with Crippen LogP contribution in [0, 0.1) is 0 Å². The molecule has 1 aromatic carbocycles. The van der Waals surface area contributed by atoms with Crippen LogP contribution in [0.2, 0.25) is 0 Å². The van der Waals surface area contributed by atoms with Crippen LogP contribution in [0.15, 0.2) is 28.7 Å². The molecular weight excluding hydrogens is 320 g/mol. The van der Waals surface area contributed by atoms with Gasteiger partial charge in [-0.3, -0.25) is 0 Å². The zero-order valence-electron chi connectivity index (χ0n) is 8.46.